The minimum Gasteiger partial charge on any atom is -0.481 e. The van der Waals surface area contributed by atoms with Gasteiger partial charge in [0.05, 0.1) is 12.0 Å². The topological polar surface area (TPSA) is 74.6 Å². The van der Waals surface area contributed by atoms with Crippen molar-refractivity contribution in [3.05, 3.63) is 18.6 Å². The molecule has 0 aromatic carbocycles. The lowest BCUT2D eigenvalue weighted by Gasteiger charge is -2.60. The highest BCUT2D eigenvalue weighted by Crippen LogP contribution is 2.67. The third-order valence-corrected chi connectivity index (χ3v) is 8.84. The molecule has 0 saturated heterocycles. The van der Waals surface area contributed by atoms with E-state index in [0.717, 1.165) is 37.7 Å². The van der Waals surface area contributed by atoms with Crippen molar-refractivity contribution in [2.45, 2.75) is 64.9 Å². The molecule has 1 radical (unpaired) electrons. The van der Waals surface area contributed by atoms with Gasteiger partial charge in [0.1, 0.15) is 0 Å². The van der Waals surface area contributed by atoms with E-state index in [1.54, 1.807) is 0 Å². The van der Waals surface area contributed by atoms with Crippen molar-refractivity contribution < 1.29 is 19.8 Å². The fourth-order valence-electron chi connectivity index (χ4n) is 7.18. The second kappa shape index (κ2) is 5.92. The number of ketones is 1. The first kappa shape index (κ1) is 18.2. The van der Waals surface area contributed by atoms with E-state index in [2.05, 4.69) is 20.8 Å². The summed E-state index contributed by atoms with van der Waals surface area (Å²) in [7, 11) is 0. The third-order valence-electron chi connectivity index (χ3n) is 8.84. The number of aliphatic hydroxyl groups excluding tert-OH is 1. The third kappa shape index (κ3) is 2.37. The van der Waals surface area contributed by atoms with Crippen LogP contribution in [0.3, 0.4) is 0 Å². The predicted octanol–water partition coefficient (Wildman–Crippen LogP) is 3.64. The van der Waals surface area contributed by atoms with Gasteiger partial charge in [0.15, 0.2) is 5.78 Å². The lowest BCUT2D eigenvalue weighted by molar-refractivity contribution is -0.149. The van der Waals surface area contributed by atoms with Crippen LogP contribution < -0.4 is 0 Å². The minimum atomic E-state index is -0.842. The van der Waals surface area contributed by atoms with Crippen molar-refractivity contribution in [3.63, 3.8) is 0 Å². The van der Waals surface area contributed by atoms with Crippen LogP contribution in [0, 0.1) is 47.3 Å². The number of allylic oxidation sites excluding steroid dienone is 1. The summed E-state index contributed by atoms with van der Waals surface area (Å²) >= 11 is 0. The number of carboxylic acid groups (broad SMARTS) is 1. The number of aliphatic hydroxyl groups is 1. The summed E-state index contributed by atoms with van der Waals surface area (Å²) in [6.45, 7) is 8.52. The summed E-state index contributed by atoms with van der Waals surface area (Å²) < 4.78 is 0. The molecular formula is C22H31O4. The van der Waals surface area contributed by atoms with Gasteiger partial charge in [-0.15, -0.1) is 0 Å². The summed E-state index contributed by atoms with van der Waals surface area (Å²) in [5.74, 6) is -0.329. The van der Waals surface area contributed by atoms with E-state index >= 15 is 0 Å². The van der Waals surface area contributed by atoms with Gasteiger partial charge in [-0.1, -0.05) is 19.4 Å². The molecule has 0 aromatic rings. The number of carbonyl (C=O) groups is 2. The molecule has 26 heavy (non-hydrogen) atoms. The molecule has 4 rings (SSSR count). The fourth-order valence-corrected chi connectivity index (χ4v) is 7.18. The number of fused-ring (bicyclic) bond motifs is 5. The molecule has 143 valence electrons. The van der Waals surface area contributed by atoms with Crippen LogP contribution in [0.25, 0.3) is 0 Å². The predicted molar refractivity (Wildman–Crippen MR) is 98.1 cm³/mol. The summed E-state index contributed by atoms with van der Waals surface area (Å²) in [4.78, 5) is 23.9. The Labute approximate surface area is 156 Å². The van der Waals surface area contributed by atoms with Gasteiger partial charge < -0.3 is 10.2 Å². The number of hydrogen-bond donors (Lipinski definition) is 2. The van der Waals surface area contributed by atoms with E-state index in [0.29, 0.717) is 24.7 Å². The Morgan fingerprint density at radius 3 is 2.65 bits per heavy atom. The van der Waals surface area contributed by atoms with Crippen molar-refractivity contribution in [1.82, 2.24) is 0 Å². The van der Waals surface area contributed by atoms with Crippen LogP contribution in [0.5, 0.6) is 0 Å². The smallest absolute Gasteiger partial charge is 0.306 e. The van der Waals surface area contributed by atoms with E-state index in [1.807, 2.05) is 6.08 Å². The van der Waals surface area contributed by atoms with Crippen LogP contribution in [0.1, 0.15) is 58.8 Å². The fraction of sp³-hybridized carbons (Fsp3) is 0.773. The summed E-state index contributed by atoms with van der Waals surface area (Å²) in [5.41, 5.74) is 1.07. The first-order valence-corrected chi connectivity index (χ1v) is 10.2. The molecule has 4 heteroatoms. The Balaban J connectivity index is 1.80. The van der Waals surface area contributed by atoms with Gasteiger partial charge in [0, 0.05) is 6.42 Å². The maximum Gasteiger partial charge on any atom is 0.306 e. The standard InChI is InChI=1S/C22H31O4/c1-12(20(25)26)15-11-13-10-14(23)6-8-21(13,2)17-7-9-22(3)16(19(15)17)4-5-18(22)24/h10,12,15-19,24H,1,4-9,11H2,2-3H3,(H,25,26)/t12?,15?,16-,17-,18-,19-,21-,22-/m0/s1. The van der Waals surface area contributed by atoms with Gasteiger partial charge in [-0.05, 0) is 86.0 Å². The molecule has 2 N–H and O–H groups in total. The van der Waals surface area contributed by atoms with E-state index in [9.17, 15) is 19.8 Å². The maximum absolute atomic E-state index is 12.1. The quantitative estimate of drug-likeness (QED) is 0.789. The summed E-state index contributed by atoms with van der Waals surface area (Å²) in [6.07, 6.45) is 7.51. The molecule has 0 aromatic heterocycles. The Morgan fingerprint density at radius 2 is 1.96 bits per heavy atom. The second-order valence-electron chi connectivity index (χ2n) is 9.79. The van der Waals surface area contributed by atoms with Crippen molar-refractivity contribution >= 4 is 11.8 Å². The molecular weight excluding hydrogens is 328 g/mol. The van der Waals surface area contributed by atoms with Crippen LogP contribution >= 0.6 is 0 Å². The van der Waals surface area contributed by atoms with Crippen LogP contribution in [0.15, 0.2) is 11.6 Å². The van der Waals surface area contributed by atoms with Gasteiger partial charge in [-0.3, -0.25) is 9.59 Å². The Hall–Kier alpha value is -1.16. The lowest BCUT2D eigenvalue weighted by atomic mass is 9.44. The number of carboxylic acids is 1. The Kier molecular flexibility index (Phi) is 4.15. The van der Waals surface area contributed by atoms with Gasteiger partial charge in [-0.2, -0.15) is 0 Å². The van der Waals surface area contributed by atoms with Crippen LogP contribution in [0.4, 0.5) is 0 Å². The van der Waals surface area contributed by atoms with E-state index in [-0.39, 0.29) is 34.6 Å². The van der Waals surface area contributed by atoms with E-state index < -0.39 is 11.9 Å². The average molecular weight is 359 g/mol. The minimum absolute atomic E-state index is 0.00216. The molecule has 8 atom stereocenters. The number of hydrogen-bond acceptors (Lipinski definition) is 3. The highest BCUT2D eigenvalue weighted by Gasteiger charge is 2.62. The first-order valence-electron chi connectivity index (χ1n) is 10.2. The molecule has 0 amide bonds. The molecule has 4 aliphatic rings. The molecule has 0 aliphatic heterocycles. The van der Waals surface area contributed by atoms with Crippen LogP contribution in [-0.4, -0.2) is 28.1 Å². The molecule has 3 saturated carbocycles. The highest BCUT2D eigenvalue weighted by molar-refractivity contribution is 5.91. The zero-order valence-corrected chi connectivity index (χ0v) is 15.9. The Bertz CT molecular complexity index is 667. The van der Waals surface area contributed by atoms with Gasteiger partial charge in [-0.25, -0.2) is 0 Å². The number of aliphatic carboxylic acids is 1. The normalized spacial score (nSPS) is 48.8. The van der Waals surface area contributed by atoms with Crippen LogP contribution in [-0.2, 0) is 9.59 Å². The average Bonchev–Trinajstić information content (AvgIpc) is 2.89. The second-order valence-corrected chi connectivity index (χ2v) is 9.79. The van der Waals surface area contributed by atoms with Crippen molar-refractivity contribution in [2.24, 2.45) is 40.4 Å². The lowest BCUT2D eigenvalue weighted by Crippen LogP contribution is -2.55. The largest absolute Gasteiger partial charge is 0.481 e. The number of carbonyl (C=O) groups excluding carboxylic acids is 1. The van der Waals surface area contributed by atoms with Gasteiger partial charge >= 0.3 is 5.97 Å². The van der Waals surface area contributed by atoms with Crippen molar-refractivity contribution in [1.29, 1.82) is 0 Å². The molecule has 2 unspecified atom stereocenters. The maximum atomic E-state index is 12.1. The molecule has 0 spiro atoms. The summed E-state index contributed by atoms with van der Waals surface area (Å²) in [5, 5.41) is 20.3. The van der Waals surface area contributed by atoms with Crippen LogP contribution in [0.2, 0.25) is 0 Å². The first-order chi connectivity index (χ1) is 12.2. The van der Waals surface area contributed by atoms with E-state index in [4.69, 9.17) is 0 Å². The molecule has 4 aliphatic carbocycles. The Morgan fingerprint density at radius 1 is 1.23 bits per heavy atom. The zero-order chi connectivity index (χ0) is 18.9. The highest BCUT2D eigenvalue weighted by atomic mass is 16.4. The molecule has 3 fully saturated rings. The monoisotopic (exact) mass is 359 g/mol. The molecule has 4 nitrogen and oxygen atoms in total. The molecule has 0 bridgehead atoms. The van der Waals surface area contributed by atoms with E-state index in [1.165, 1.54) is 0 Å². The van der Waals surface area contributed by atoms with Crippen molar-refractivity contribution in [3.8, 4) is 0 Å². The summed E-state index contributed by atoms with van der Waals surface area (Å²) in [6, 6.07) is 0. The molecule has 0 heterocycles. The zero-order valence-electron chi connectivity index (χ0n) is 15.9. The number of rotatable bonds is 2. The SMILES string of the molecule is [CH2]C(C(=O)O)C1CC2=CC(=O)CC[C@]2(C)[C@H]2CC[C@]3(C)[C@@H](O)CC[C@H]3[C@H]12. The van der Waals surface area contributed by atoms with Gasteiger partial charge in [0.25, 0.3) is 0 Å². The van der Waals surface area contributed by atoms with Crippen molar-refractivity contribution in [2.75, 3.05) is 0 Å². The van der Waals surface area contributed by atoms with Gasteiger partial charge in [0.2, 0.25) is 0 Å².